The van der Waals surface area contributed by atoms with Gasteiger partial charge in [-0.25, -0.2) is 0 Å². The Kier molecular flexibility index (Phi) is 2.13. The molecule has 0 aliphatic rings. The highest BCUT2D eigenvalue weighted by Gasteiger charge is 2.09. The summed E-state index contributed by atoms with van der Waals surface area (Å²) in [6.07, 6.45) is 1.55. The van der Waals surface area contributed by atoms with Gasteiger partial charge in [-0.05, 0) is 41.8 Å². The van der Waals surface area contributed by atoms with Crippen LogP contribution in [0.5, 0.6) is 0 Å². The molecule has 0 saturated carbocycles. The summed E-state index contributed by atoms with van der Waals surface area (Å²) in [5.41, 5.74) is 3.42. The third-order valence-corrected chi connectivity index (χ3v) is 3.87. The Morgan fingerprint density at radius 3 is 2.82 bits per heavy atom. The molecule has 1 atom stereocenters. The van der Waals surface area contributed by atoms with Crippen LogP contribution >= 0.6 is 0 Å². The molecule has 0 amide bonds. The van der Waals surface area contributed by atoms with Gasteiger partial charge in [-0.3, -0.25) is 4.98 Å². The van der Waals surface area contributed by atoms with Crippen molar-refractivity contribution in [3.63, 3.8) is 0 Å². The molecule has 0 fully saturated rings. The Hall–Kier alpha value is -2.61. The van der Waals surface area contributed by atoms with Crippen molar-refractivity contribution in [3.05, 3.63) is 66.4 Å². The van der Waals surface area contributed by atoms with Gasteiger partial charge in [0.1, 0.15) is 11.2 Å². The van der Waals surface area contributed by atoms with E-state index >= 15 is 0 Å². The van der Waals surface area contributed by atoms with Gasteiger partial charge < -0.3 is 4.42 Å². The Labute approximate surface area is 135 Å². The van der Waals surface area contributed by atoms with Crippen molar-refractivity contribution in [2.45, 2.75) is 19.7 Å². The lowest BCUT2D eigenvalue weighted by Crippen LogP contribution is -1.90. The molecule has 2 heteroatoms. The second kappa shape index (κ2) is 4.99. The quantitative estimate of drug-likeness (QED) is 0.468. The molecular weight excluding hydrogens is 270 g/mol. The molecule has 4 rings (SSSR count). The van der Waals surface area contributed by atoms with Crippen molar-refractivity contribution in [3.8, 4) is 11.3 Å². The highest BCUT2D eigenvalue weighted by atomic mass is 16.3. The lowest BCUT2D eigenvalue weighted by molar-refractivity contribution is 0.669. The van der Waals surface area contributed by atoms with Crippen molar-refractivity contribution >= 4 is 21.9 Å². The Balaban J connectivity index is 1.83. The third-order valence-electron chi connectivity index (χ3n) is 3.87. The Morgan fingerprint density at radius 1 is 1.05 bits per heavy atom. The molecule has 108 valence electrons. The zero-order valence-electron chi connectivity index (χ0n) is 16.1. The zero-order chi connectivity index (χ0) is 18.5. The van der Waals surface area contributed by atoms with Crippen molar-refractivity contribution in [1.29, 1.82) is 0 Å². The average Bonchev–Trinajstić information content (AvgIpc) is 2.98. The molecule has 0 aliphatic carbocycles. The normalized spacial score (nSPS) is 17.5. The maximum absolute atomic E-state index is 8.27. The summed E-state index contributed by atoms with van der Waals surface area (Å²) in [5, 5.41) is 2.07. The molecule has 0 spiro atoms. The van der Waals surface area contributed by atoms with Crippen LogP contribution in [0, 0.1) is 0 Å². The molecular formula is C20H17NO. The van der Waals surface area contributed by atoms with Gasteiger partial charge in [0.15, 0.2) is 0 Å². The van der Waals surface area contributed by atoms with Gasteiger partial charge in [0.25, 0.3) is 0 Å². The minimum absolute atomic E-state index is 0.409. The number of nitrogens with zero attached hydrogens (tertiary/aromatic N) is 1. The lowest BCUT2D eigenvalue weighted by atomic mass is 10.0. The van der Waals surface area contributed by atoms with E-state index in [-0.39, 0.29) is 0 Å². The molecule has 0 aliphatic heterocycles. The van der Waals surface area contributed by atoms with Gasteiger partial charge in [0.05, 0.1) is 5.69 Å². The predicted octanol–water partition coefficient (Wildman–Crippen LogP) is 5.77. The van der Waals surface area contributed by atoms with Crippen LogP contribution in [0.25, 0.3) is 33.2 Å². The fourth-order valence-corrected chi connectivity index (χ4v) is 2.71. The van der Waals surface area contributed by atoms with E-state index in [9.17, 15) is 0 Å². The van der Waals surface area contributed by atoms with Crippen LogP contribution in [-0.4, -0.2) is 4.98 Å². The second-order valence-electron chi connectivity index (χ2n) is 5.36. The van der Waals surface area contributed by atoms with Crippen LogP contribution in [0.3, 0.4) is 0 Å². The smallest absolute Gasteiger partial charge is 0.136 e. The van der Waals surface area contributed by atoms with Gasteiger partial charge in [0.2, 0.25) is 0 Å². The number of benzene rings is 2. The van der Waals surface area contributed by atoms with Gasteiger partial charge in [0, 0.05) is 28.0 Å². The SMILES string of the molecule is [2H]C([2H])([2H])C([2H])(C)c1ccnc(-c2ccc3c(c2)oc2ccccc23)c1. The Bertz CT molecular complexity index is 1110. The maximum Gasteiger partial charge on any atom is 0.136 e. The van der Waals surface area contributed by atoms with E-state index in [4.69, 9.17) is 9.90 Å². The summed E-state index contributed by atoms with van der Waals surface area (Å²) in [6.45, 7) is -1.02. The third kappa shape index (κ3) is 2.08. The van der Waals surface area contributed by atoms with E-state index in [2.05, 4.69) is 4.98 Å². The number of pyridine rings is 1. The van der Waals surface area contributed by atoms with Crippen molar-refractivity contribution in [1.82, 2.24) is 4.98 Å². The summed E-state index contributed by atoms with van der Waals surface area (Å²) >= 11 is 0. The van der Waals surface area contributed by atoms with E-state index in [0.717, 1.165) is 27.5 Å². The number of rotatable bonds is 2. The first-order chi connectivity index (χ1) is 12.3. The average molecular weight is 291 g/mol. The van der Waals surface area contributed by atoms with Crippen LogP contribution in [0.4, 0.5) is 0 Å². The monoisotopic (exact) mass is 291 g/mol. The molecule has 4 aromatic rings. The van der Waals surface area contributed by atoms with E-state index in [1.807, 2.05) is 42.5 Å². The molecule has 0 N–H and O–H groups in total. The number of hydrogen-bond acceptors (Lipinski definition) is 2. The minimum atomic E-state index is -2.42. The number of furan rings is 1. The van der Waals surface area contributed by atoms with Crippen LogP contribution < -0.4 is 0 Å². The van der Waals surface area contributed by atoms with Crippen LogP contribution in [0.15, 0.2) is 65.2 Å². The first-order valence-electron chi connectivity index (χ1n) is 9.15. The van der Waals surface area contributed by atoms with Gasteiger partial charge in [-0.2, -0.15) is 0 Å². The number of hydrogen-bond donors (Lipinski definition) is 0. The predicted molar refractivity (Wildman–Crippen MR) is 91.0 cm³/mol. The summed E-state index contributed by atoms with van der Waals surface area (Å²) in [4.78, 5) is 4.36. The molecule has 0 radical (unpaired) electrons. The van der Waals surface area contributed by atoms with Crippen molar-refractivity contribution < 1.29 is 9.90 Å². The highest BCUT2D eigenvalue weighted by molar-refractivity contribution is 6.05. The van der Waals surface area contributed by atoms with Crippen molar-refractivity contribution in [2.24, 2.45) is 0 Å². The minimum Gasteiger partial charge on any atom is -0.456 e. The van der Waals surface area contributed by atoms with Gasteiger partial charge in [-0.1, -0.05) is 38.0 Å². The van der Waals surface area contributed by atoms with E-state index in [1.54, 1.807) is 18.3 Å². The van der Waals surface area contributed by atoms with Gasteiger partial charge in [-0.15, -0.1) is 0 Å². The number of para-hydroxylation sites is 1. The zero-order valence-corrected chi connectivity index (χ0v) is 12.1. The summed E-state index contributed by atoms with van der Waals surface area (Å²) in [6, 6.07) is 16.9. The van der Waals surface area contributed by atoms with Crippen LogP contribution in [0.1, 0.15) is 30.7 Å². The molecule has 2 heterocycles. The van der Waals surface area contributed by atoms with E-state index < -0.39 is 12.7 Å². The first kappa shape index (κ1) is 9.42. The fourth-order valence-electron chi connectivity index (χ4n) is 2.71. The highest BCUT2D eigenvalue weighted by Crippen LogP contribution is 2.32. The topological polar surface area (TPSA) is 26.0 Å². The molecule has 2 nitrogen and oxygen atoms in total. The van der Waals surface area contributed by atoms with E-state index in [0.29, 0.717) is 11.3 Å². The lowest BCUT2D eigenvalue weighted by Gasteiger charge is -2.07. The molecule has 22 heavy (non-hydrogen) atoms. The van der Waals surface area contributed by atoms with Crippen LogP contribution in [0.2, 0.25) is 0 Å². The second-order valence-corrected chi connectivity index (χ2v) is 5.36. The largest absolute Gasteiger partial charge is 0.456 e. The van der Waals surface area contributed by atoms with Gasteiger partial charge >= 0.3 is 0 Å². The van der Waals surface area contributed by atoms with Crippen LogP contribution in [-0.2, 0) is 0 Å². The Morgan fingerprint density at radius 2 is 1.91 bits per heavy atom. The molecule has 2 aromatic carbocycles. The first-order valence-corrected chi connectivity index (χ1v) is 7.15. The van der Waals surface area contributed by atoms with E-state index in [1.165, 1.54) is 6.92 Å². The molecule has 1 unspecified atom stereocenters. The number of fused-ring (bicyclic) bond motifs is 3. The maximum atomic E-state index is 8.27. The summed E-state index contributed by atoms with van der Waals surface area (Å²) in [5.74, 6) is -1.70. The molecule has 0 bridgehead atoms. The molecule has 2 aromatic heterocycles. The summed E-state index contributed by atoms with van der Waals surface area (Å²) < 4.78 is 37.1. The number of aromatic nitrogens is 1. The fraction of sp³-hybridized carbons (Fsp3) is 0.150. The standard InChI is InChI=1S/C20H17NO/c1-13(2)14-9-10-21-18(11-14)15-7-8-17-16-5-3-4-6-19(16)22-20(17)12-15/h3-13H,1-2H3/i1D3,13D. The van der Waals surface area contributed by atoms with Crippen molar-refractivity contribution in [2.75, 3.05) is 0 Å². The summed E-state index contributed by atoms with van der Waals surface area (Å²) in [7, 11) is 0. The molecule has 0 saturated heterocycles.